The maximum Gasteiger partial charge on any atom is 0.273 e. The molecule has 0 spiro atoms. The Morgan fingerprint density at radius 2 is 2.05 bits per heavy atom. The van der Waals surface area contributed by atoms with Crippen LogP contribution >= 0.6 is 0 Å². The lowest BCUT2D eigenvalue weighted by Crippen LogP contribution is -2.44. The summed E-state index contributed by atoms with van der Waals surface area (Å²) in [5, 5.41) is 19.7. The van der Waals surface area contributed by atoms with Crippen LogP contribution in [0.4, 0.5) is 11.4 Å². The number of likely N-dealkylation sites (N-methyl/N-ethyl adjacent to an activating group) is 1. The van der Waals surface area contributed by atoms with E-state index in [1.807, 2.05) is 0 Å². The molecule has 0 radical (unpaired) electrons. The van der Waals surface area contributed by atoms with Crippen molar-refractivity contribution in [3.8, 4) is 5.75 Å². The highest BCUT2D eigenvalue weighted by atomic mass is 16.6. The van der Waals surface area contributed by atoms with Crippen LogP contribution in [-0.2, 0) is 0 Å². The van der Waals surface area contributed by atoms with Gasteiger partial charge in [0.15, 0.2) is 0 Å². The van der Waals surface area contributed by atoms with Crippen LogP contribution in [0.15, 0.2) is 30.4 Å². The van der Waals surface area contributed by atoms with Crippen molar-refractivity contribution in [2.45, 2.75) is 0 Å². The summed E-state index contributed by atoms with van der Waals surface area (Å²) >= 11 is 0. The Kier molecular flexibility index (Phi) is 5.74. The van der Waals surface area contributed by atoms with E-state index in [4.69, 9.17) is 9.84 Å². The molecule has 7 heteroatoms. The van der Waals surface area contributed by atoms with Crippen LogP contribution in [0.2, 0.25) is 0 Å². The van der Waals surface area contributed by atoms with Gasteiger partial charge in [0, 0.05) is 32.2 Å². The maximum absolute atomic E-state index is 10.9. The molecule has 7 nitrogen and oxygen atoms in total. The van der Waals surface area contributed by atoms with E-state index in [1.165, 1.54) is 12.1 Å². The van der Waals surface area contributed by atoms with E-state index < -0.39 is 4.92 Å². The van der Waals surface area contributed by atoms with Gasteiger partial charge in [-0.2, -0.15) is 0 Å². The Hall–Kier alpha value is -2.12. The van der Waals surface area contributed by atoms with Crippen LogP contribution in [0.1, 0.15) is 0 Å². The molecule has 0 aliphatic carbocycles. The number of non-ortho nitro benzene ring substituents is 1. The molecule has 1 aliphatic heterocycles. The second kappa shape index (κ2) is 7.77. The summed E-state index contributed by atoms with van der Waals surface area (Å²) in [5.41, 5.74) is 0.884. The lowest BCUT2D eigenvalue weighted by molar-refractivity contribution is -0.384. The zero-order chi connectivity index (χ0) is 15.9. The molecule has 1 heterocycles. The first-order chi connectivity index (χ1) is 10.6. The fourth-order valence-corrected chi connectivity index (χ4v) is 2.32. The SMILES string of the molecule is CN1CCN(c2ccc([N+](=O)[O-])cc2OC/C=C\CO)CC1. The molecule has 1 N–H and O–H groups in total. The molecule has 1 aromatic carbocycles. The van der Waals surface area contributed by atoms with Crippen molar-refractivity contribution >= 4 is 11.4 Å². The zero-order valence-electron chi connectivity index (χ0n) is 12.6. The highest BCUT2D eigenvalue weighted by Gasteiger charge is 2.20. The van der Waals surface area contributed by atoms with Gasteiger partial charge in [-0.05, 0) is 19.2 Å². The zero-order valence-corrected chi connectivity index (χ0v) is 12.6. The Morgan fingerprint density at radius 3 is 2.68 bits per heavy atom. The van der Waals surface area contributed by atoms with Crippen LogP contribution in [0.25, 0.3) is 0 Å². The van der Waals surface area contributed by atoms with Crippen molar-refractivity contribution in [2.75, 3.05) is 51.3 Å². The molecule has 0 aromatic heterocycles. The van der Waals surface area contributed by atoms with E-state index in [1.54, 1.807) is 18.2 Å². The average molecular weight is 307 g/mol. The Morgan fingerprint density at radius 1 is 1.32 bits per heavy atom. The van der Waals surface area contributed by atoms with E-state index in [2.05, 4.69) is 16.8 Å². The standard InChI is InChI=1S/C15H21N3O4/c1-16-6-8-17(9-7-16)14-5-4-13(18(20)21)12-15(14)22-11-3-2-10-19/h2-5,12,19H,6-11H2,1H3/b3-2-. The van der Waals surface area contributed by atoms with Crippen LogP contribution < -0.4 is 9.64 Å². The molecular formula is C15H21N3O4. The van der Waals surface area contributed by atoms with Crippen LogP contribution in [-0.4, -0.2) is 61.4 Å². The molecule has 120 valence electrons. The first-order valence-corrected chi connectivity index (χ1v) is 7.22. The summed E-state index contributed by atoms with van der Waals surface area (Å²) in [4.78, 5) is 14.9. The quantitative estimate of drug-likeness (QED) is 0.484. The monoisotopic (exact) mass is 307 g/mol. The number of aliphatic hydroxyl groups excluding tert-OH is 1. The van der Waals surface area contributed by atoms with Crippen molar-refractivity contribution in [1.29, 1.82) is 0 Å². The van der Waals surface area contributed by atoms with Crippen molar-refractivity contribution in [2.24, 2.45) is 0 Å². The lowest BCUT2D eigenvalue weighted by Gasteiger charge is -2.34. The summed E-state index contributed by atoms with van der Waals surface area (Å²) in [7, 11) is 2.07. The maximum atomic E-state index is 10.9. The second-order valence-corrected chi connectivity index (χ2v) is 5.16. The minimum atomic E-state index is -0.426. The number of anilines is 1. The third-order valence-electron chi connectivity index (χ3n) is 3.61. The van der Waals surface area contributed by atoms with Gasteiger partial charge < -0.3 is 19.6 Å². The number of nitro groups is 1. The van der Waals surface area contributed by atoms with E-state index in [0.29, 0.717) is 5.75 Å². The summed E-state index contributed by atoms with van der Waals surface area (Å²) in [5.74, 6) is 0.501. The number of nitro benzene ring substituents is 1. The second-order valence-electron chi connectivity index (χ2n) is 5.16. The van der Waals surface area contributed by atoms with Gasteiger partial charge in [0.2, 0.25) is 0 Å². The number of piperazine rings is 1. The Balaban J connectivity index is 2.19. The minimum Gasteiger partial charge on any atom is -0.487 e. The summed E-state index contributed by atoms with van der Waals surface area (Å²) in [6.07, 6.45) is 3.26. The summed E-state index contributed by atoms with van der Waals surface area (Å²) in [6.45, 7) is 3.82. The Labute approximate surface area is 129 Å². The third-order valence-corrected chi connectivity index (χ3v) is 3.61. The van der Waals surface area contributed by atoms with Crippen LogP contribution in [0.5, 0.6) is 5.75 Å². The first-order valence-electron chi connectivity index (χ1n) is 7.22. The number of nitrogens with zero attached hydrogens (tertiary/aromatic N) is 3. The summed E-state index contributed by atoms with van der Waals surface area (Å²) in [6, 6.07) is 4.71. The number of ether oxygens (including phenoxy) is 1. The number of rotatable bonds is 6. The number of aliphatic hydroxyl groups is 1. The lowest BCUT2D eigenvalue weighted by atomic mass is 10.2. The molecule has 2 rings (SSSR count). The minimum absolute atomic E-state index is 0.0130. The molecule has 0 amide bonds. The molecule has 1 aromatic rings. The largest absolute Gasteiger partial charge is 0.487 e. The molecule has 1 saturated heterocycles. The van der Waals surface area contributed by atoms with Crippen LogP contribution in [0, 0.1) is 10.1 Å². The van der Waals surface area contributed by atoms with E-state index in [0.717, 1.165) is 31.9 Å². The topological polar surface area (TPSA) is 79.1 Å². The number of hydrogen-bond donors (Lipinski definition) is 1. The highest BCUT2D eigenvalue weighted by Crippen LogP contribution is 2.33. The predicted molar refractivity (Wildman–Crippen MR) is 84.5 cm³/mol. The van der Waals surface area contributed by atoms with Gasteiger partial charge in [0.05, 0.1) is 23.3 Å². The molecule has 1 aliphatic rings. The molecule has 22 heavy (non-hydrogen) atoms. The smallest absolute Gasteiger partial charge is 0.273 e. The van der Waals surface area contributed by atoms with Crippen LogP contribution in [0.3, 0.4) is 0 Å². The van der Waals surface area contributed by atoms with Gasteiger partial charge in [0.1, 0.15) is 12.4 Å². The predicted octanol–water partition coefficient (Wildman–Crippen LogP) is 1.27. The molecule has 1 fully saturated rings. The Bertz CT molecular complexity index is 540. The first kappa shape index (κ1) is 16.3. The van der Waals surface area contributed by atoms with E-state index >= 15 is 0 Å². The van der Waals surface area contributed by atoms with Gasteiger partial charge in [-0.25, -0.2) is 0 Å². The summed E-state index contributed by atoms with van der Waals surface area (Å²) < 4.78 is 5.65. The number of hydrogen-bond acceptors (Lipinski definition) is 6. The number of benzene rings is 1. The highest BCUT2D eigenvalue weighted by molar-refractivity contribution is 5.62. The molecular weight excluding hydrogens is 286 g/mol. The fraction of sp³-hybridized carbons (Fsp3) is 0.467. The van der Waals surface area contributed by atoms with E-state index in [9.17, 15) is 10.1 Å². The van der Waals surface area contributed by atoms with Gasteiger partial charge in [0.25, 0.3) is 5.69 Å². The molecule has 0 unspecified atom stereocenters. The fourth-order valence-electron chi connectivity index (χ4n) is 2.32. The third kappa shape index (κ3) is 4.19. The van der Waals surface area contributed by atoms with Crippen molar-refractivity contribution < 1.29 is 14.8 Å². The van der Waals surface area contributed by atoms with Gasteiger partial charge in [-0.15, -0.1) is 0 Å². The molecule has 0 bridgehead atoms. The van der Waals surface area contributed by atoms with Crippen molar-refractivity contribution in [3.63, 3.8) is 0 Å². The average Bonchev–Trinajstić information content (AvgIpc) is 2.52. The van der Waals surface area contributed by atoms with Gasteiger partial charge in [-0.1, -0.05) is 6.08 Å². The van der Waals surface area contributed by atoms with Gasteiger partial charge >= 0.3 is 0 Å². The van der Waals surface area contributed by atoms with Gasteiger partial charge in [-0.3, -0.25) is 10.1 Å². The van der Waals surface area contributed by atoms with E-state index in [-0.39, 0.29) is 18.9 Å². The molecule has 0 atom stereocenters. The molecule has 0 saturated carbocycles. The van der Waals surface area contributed by atoms with Crippen molar-refractivity contribution in [3.05, 3.63) is 40.5 Å². The normalized spacial score (nSPS) is 16.2. The van der Waals surface area contributed by atoms with Crippen molar-refractivity contribution in [1.82, 2.24) is 4.90 Å².